The van der Waals surface area contributed by atoms with Crippen molar-refractivity contribution in [1.82, 2.24) is 10.3 Å². The molecule has 10 nitrogen and oxygen atoms in total. The standard InChI is InChI=1S/C30H28N4O6S/c1-37-17-26(35)32-22-16-20(11-12-24(22)38-2)34-28(27(33-30(34)41)21-6-4-5-15-31-21)25-14-13-23(40-25)18-7-9-19(10-8-18)29(36)39-3/h4-16,27-28H,17H2,1-3H3,(H,32,35)(H,33,41)/t27-,28+/m0/s1. The number of esters is 1. The van der Waals surface area contributed by atoms with Crippen LogP contribution in [0.15, 0.2) is 83.4 Å². The van der Waals surface area contributed by atoms with Crippen molar-refractivity contribution >= 4 is 40.6 Å². The van der Waals surface area contributed by atoms with Crippen LogP contribution in [0.1, 0.15) is 33.9 Å². The fourth-order valence-corrected chi connectivity index (χ4v) is 5.08. The van der Waals surface area contributed by atoms with E-state index in [1.54, 1.807) is 42.6 Å². The zero-order chi connectivity index (χ0) is 28.9. The minimum absolute atomic E-state index is 0.1000. The van der Waals surface area contributed by atoms with Crippen molar-refractivity contribution < 1.29 is 28.2 Å². The van der Waals surface area contributed by atoms with Gasteiger partial charge in [-0.1, -0.05) is 18.2 Å². The van der Waals surface area contributed by atoms with Crippen molar-refractivity contribution in [3.8, 4) is 17.1 Å². The van der Waals surface area contributed by atoms with Crippen molar-refractivity contribution in [2.45, 2.75) is 12.1 Å². The highest BCUT2D eigenvalue weighted by Gasteiger charge is 2.42. The van der Waals surface area contributed by atoms with Crippen molar-refractivity contribution in [3.05, 3.63) is 96.0 Å². The minimum atomic E-state index is -0.420. The summed E-state index contributed by atoms with van der Waals surface area (Å²) in [5.74, 6) is 1.03. The van der Waals surface area contributed by atoms with Crippen LogP contribution in [-0.4, -0.2) is 49.9 Å². The van der Waals surface area contributed by atoms with Crippen LogP contribution in [0, 0.1) is 0 Å². The number of anilines is 2. The lowest BCUT2D eigenvalue weighted by Gasteiger charge is -2.27. The molecule has 11 heteroatoms. The van der Waals surface area contributed by atoms with Gasteiger partial charge in [-0.15, -0.1) is 0 Å². The average Bonchev–Trinajstić information content (AvgIpc) is 3.62. The zero-order valence-electron chi connectivity index (χ0n) is 22.6. The summed E-state index contributed by atoms with van der Waals surface area (Å²) < 4.78 is 21.6. The Kier molecular flexibility index (Phi) is 8.27. The number of methoxy groups -OCH3 is 3. The molecule has 0 bridgehead atoms. The molecule has 5 rings (SSSR count). The minimum Gasteiger partial charge on any atom is -0.495 e. The number of carbonyl (C=O) groups is 2. The highest BCUT2D eigenvalue weighted by Crippen LogP contribution is 2.44. The number of ether oxygens (including phenoxy) is 3. The van der Waals surface area contributed by atoms with Gasteiger partial charge in [0.25, 0.3) is 0 Å². The number of carbonyl (C=O) groups excluding carboxylic acids is 2. The molecule has 1 aliphatic rings. The van der Waals surface area contributed by atoms with E-state index in [2.05, 4.69) is 15.6 Å². The second-order valence-electron chi connectivity index (χ2n) is 9.13. The van der Waals surface area contributed by atoms with Gasteiger partial charge in [-0.3, -0.25) is 9.78 Å². The van der Waals surface area contributed by atoms with Crippen LogP contribution in [0.5, 0.6) is 5.75 Å². The SMILES string of the molecule is COCC(=O)Nc1cc(N2C(=S)N[C@@H](c3ccccn3)[C@H]2c2ccc(-c3ccc(C(=O)OC)cc3)o2)ccc1OC. The molecule has 1 aliphatic heterocycles. The van der Waals surface area contributed by atoms with E-state index >= 15 is 0 Å². The highest BCUT2D eigenvalue weighted by molar-refractivity contribution is 7.80. The van der Waals surface area contributed by atoms with Gasteiger partial charge in [0.15, 0.2) is 5.11 Å². The smallest absolute Gasteiger partial charge is 0.337 e. The summed E-state index contributed by atoms with van der Waals surface area (Å²) in [6.07, 6.45) is 1.73. The first-order valence-corrected chi connectivity index (χ1v) is 13.1. The molecule has 0 unspecified atom stereocenters. The van der Waals surface area contributed by atoms with E-state index in [9.17, 15) is 9.59 Å². The lowest BCUT2D eigenvalue weighted by atomic mass is 10.0. The number of furan rings is 1. The first-order valence-electron chi connectivity index (χ1n) is 12.7. The molecule has 0 spiro atoms. The maximum Gasteiger partial charge on any atom is 0.337 e. The number of aromatic nitrogens is 1. The van der Waals surface area contributed by atoms with Crippen LogP contribution >= 0.6 is 12.2 Å². The molecule has 1 fully saturated rings. The Bertz CT molecular complexity index is 1560. The number of thiocarbonyl (C=S) groups is 1. The topological polar surface area (TPSA) is 115 Å². The van der Waals surface area contributed by atoms with Crippen LogP contribution < -0.4 is 20.3 Å². The van der Waals surface area contributed by atoms with Crippen LogP contribution in [0.25, 0.3) is 11.3 Å². The van der Waals surface area contributed by atoms with E-state index in [1.165, 1.54) is 21.3 Å². The van der Waals surface area contributed by atoms with E-state index in [4.69, 9.17) is 30.8 Å². The molecule has 2 N–H and O–H groups in total. The maximum absolute atomic E-state index is 12.3. The molecule has 3 heterocycles. The Morgan fingerprint density at radius 2 is 1.85 bits per heavy atom. The number of amides is 1. The number of hydrogen-bond donors (Lipinski definition) is 2. The predicted octanol–water partition coefficient (Wildman–Crippen LogP) is 4.90. The summed E-state index contributed by atoms with van der Waals surface area (Å²) in [4.78, 5) is 30.7. The summed E-state index contributed by atoms with van der Waals surface area (Å²) in [5, 5.41) is 6.69. The Balaban J connectivity index is 1.55. The summed E-state index contributed by atoms with van der Waals surface area (Å²) >= 11 is 5.82. The van der Waals surface area contributed by atoms with E-state index in [0.717, 1.165) is 11.3 Å². The van der Waals surface area contributed by atoms with E-state index in [-0.39, 0.29) is 18.6 Å². The van der Waals surface area contributed by atoms with Crippen LogP contribution in [0.3, 0.4) is 0 Å². The Labute approximate surface area is 242 Å². The molecule has 2 aromatic heterocycles. The molecular formula is C30H28N4O6S. The number of nitrogens with zero attached hydrogens (tertiary/aromatic N) is 2. The van der Waals surface area contributed by atoms with Gasteiger partial charge >= 0.3 is 5.97 Å². The number of rotatable bonds is 9. The first-order chi connectivity index (χ1) is 19.9. The molecule has 4 aromatic rings. The quantitative estimate of drug-likeness (QED) is 0.212. The van der Waals surface area contributed by atoms with Gasteiger partial charge in [-0.2, -0.15) is 0 Å². The molecule has 0 saturated carbocycles. The highest BCUT2D eigenvalue weighted by atomic mass is 32.1. The maximum atomic E-state index is 12.3. The number of hydrogen-bond acceptors (Lipinski definition) is 8. The van der Waals surface area contributed by atoms with Crippen LogP contribution in [0.4, 0.5) is 11.4 Å². The molecule has 0 aliphatic carbocycles. The summed E-state index contributed by atoms with van der Waals surface area (Å²) in [6, 6.07) is 21.1. The summed E-state index contributed by atoms with van der Waals surface area (Å²) in [5.41, 5.74) is 3.21. The van der Waals surface area contributed by atoms with Gasteiger partial charge in [0.2, 0.25) is 5.91 Å². The van der Waals surface area contributed by atoms with Crippen LogP contribution in [0.2, 0.25) is 0 Å². The molecule has 0 radical (unpaired) electrons. The molecular weight excluding hydrogens is 544 g/mol. The zero-order valence-corrected chi connectivity index (χ0v) is 23.4. The van der Waals surface area contributed by atoms with E-state index < -0.39 is 12.0 Å². The number of benzene rings is 2. The lowest BCUT2D eigenvalue weighted by Crippen LogP contribution is -2.29. The van der Waals surface area contributed by atoms with E-state index in [1.807, 2.05) is 41.3 Å². The Morgan fingerprint density at radius 1 is 1.05 bits per heavy atom. The molecule has 2 atom stereocenters. The second kappa shape index (κ2) is 12.2. The molecule has 2 aromatic carbocycles. The molecule has 1 amide bonds. The lowest BCUT2D eigenvalue weighted by molar-refractivity contribution is -0.119. The van der Waals surface area contributed by atoms with Gasteiger partial charge < -0.3 is 34.2 Å². The van der Waals surface area contributed by atoms with Crippen LogP contribution in [-0.2, 0) is 14.3 Å². The Morgan fingerprint density at radius 3 is 2.54 bits per heavy atom. The summed E-state index contributed by atoms with van der Waals surface area (Å²) in [7, 11) is 4.33. The fourth-order valence-electron chi connectivity index (χ4n) is 4.74. The van der Waals surface area contributed by atoms with Gasteiger partial charge in [-0.05, 0) is 66.8 Å². The van der Waals surface area contributed by atoms with Crippen molar-refractivity contribution in [2.24, 2.45) is 0 Å². The molecule has 41 heavy (non-hydrogen) atoms. The number of pyridine rings is 1. The largest absolute Gasteiger partial charge is 0.495 e. The van der Waals surface area contributed by atoms with Gasteiger partial charge in [0.1, 0.15) is 29.9 Å². The third-order valence-electron chi connectivity index (χ3n) is 6.62. The molecule has 1 saturated heterocycles. The van der Waals surface area contributed by atoms with E-state index in [0.29, 0.717) is 39.3 Å². The van der Waals surface area contributed by atoms with Crippen molar-refractivity contribution in [1.29, 1.82) is 0 Å². The summed E-state index contributed by atoms with van der Waals surface area (Å²) in [6.45, 7) is -0.1000. The fraction of sp³-hybridized carbons (Fsp3) is 0.200. The third kappa shape index (κ3) is 5.76. The normalized spacial score (nSPS) is 16.3. The first kappa shape index (κ1) is 27.8. The van der Waals surface area contributed by atoms with Gasteiger partial charge in [-0.25, -0.2) is 4.79 Å². The predicted molar refractivity (Wildman–Crippen MR) is 157 cm³/mol. The van der Waals surface area contributed by atoms with Gasteiger partial charge in [0.05, 0.1) is 37.2 Å². The van der Waals surface area contributed by atoms with Gasteiger partial charge in [0, 0.05) is 24.6 Å². The third-order valence-corrected chi connectivity index (χ3v) is 6.93. The Hall–Kier alpha value is -4.74. The van der Waals surface area contributed by atoms with Crippen molar-refractivity contribution in [3.63, 3.8) is 0 Å². The average molecular weight is 573 g/mol. The monoisotopic (exact) mass is 572 g/mol. The second-order valence-corrected chi connectivity index (χ2v) is 9.52. The van der Waals surface area contributed by atoms with Crippen molar-refractivity contribution in [2.75, 3.05) is 38.2 Å². The number of nitrogens with one attached hydrogen (secondary N) is 2. The molecule has 210 valence electrons.